The molecule has 0 radical (unpaired) electrons. The summed E-state index contributed by atoms with van der Waals surface area (Å²) in [6.07, 6.45) is 2.07. The van der Waals surface area contributed by atoms with E-state index in [9.17, 15) is 4.79 Å². The van der Waals surface area contributed by atoms with Crippen molar-refractivity contribution in [3.05, 3.63) is 83.8 Å². The molecule has 0 atom stereocenters. The van der Waals surface area contributed by atoms with Gasteiger partial charge < -0.3 is 19.6 Å². The lowest BCUT2D eigenvalue weighted by atomic mass is 10.1. The normalized spacial score (nSPS) is 10.4. The number of rotatable bonds is 7. The number of para-hydroxylation sites is 1. The Morgan fingerprint density at radius 2 is 1.80 bits per heavy atom. The van der Waals surface area contributed by atoms with Crippen molar-refractivity contribution in [3.63, 3.8) is 0 Å². The van der Waals surface area contributed by atoms with Crippen molar-refractivity contribution in [2.45, 2.75) is 13.0 Å². The van der Waals surface area contributed by atoms with E-state index in [1.165, 1.54) is 6.26 Å². The fraction of sp³-hybridized carbons (Fsp3) is 0.150. The van der Waals surface area contributed by atoms with Crippen LogP contribution in [0.4, 0.5) is 5.69 Å². The molecule has 0 unspecified atom stereocenters. The SMILES string of the molecule is O=C(Nc1ccc(CCO)cc1)c1occc1COc1ccccc1. The van der Waals surface area contributed by atoms with Gasteiger partial charge in [0.25, 0.3) is 5.91 Å². The van der Waals surface area contributed by atoms with Gasteiger partial charge in [-0.05, 0) is 42.3 Å². The zero-order valence-corrected chi connectivity index (χ0v) is 13.6. The van der Waals surface area contributed by atoms with E-state index in [0.29, 0.717) is 17.7 Å². The van der Waals surface area contributed by atoms with Gasteiger partial charge in [0, 0.05) is 17.9 Å². The largest absolute Gasteiger partial charge is 0.489 e. The van der Waals surface area contributed by atoms with Crippen LogP contribution in [0, 0.1) is 0 Å². The fourth-order valence-electron chi connectivity index (χ4n) is 2.40. The van der Waals surface area contributed by atoms with E-state index in [4.69, 9.17) is 14.3 Å². The minimum Gasteiger partial charge on any atom is -0.489 e. The Hall–Kier alpha value is -3.05. The van der Waals surface area contributed by atoms with Gasteiger partial charge in [-0.2, -0.15) is 0 Å². The molecule has 5 nitrogen and oxygen atoms in total. The van der Waals surface area contributed by atoms with Crippen molar-refractivity contribution in [3.8, 4) is 5.75 Å². The molecule has 2 aromatic carbocycles. The van der Waals surface area contributed by atoms with Crippen LogP contribution in [0.1, 0.15) is 21.7 Å². The first-order valence-corrected chi connectivity index (χ1v) is 8.01. The minimum atomic E-state index is -0.327. The van der Waals surface area contributed by atoms with Gasteiger partial charge in [0.2, 0.25) is 0 Å². The topological polar surface area (TPSA) is 71.7 Å². The number of aliphatic hydroxyl groups is 1. The highest BCUT2D eigenvalue weighted by Gasteiger charge is 2.16. The molecule has 0 spiro atoms. The van der Waals surface area contributed by atoms with E-state index in [2.05, 4.69) is 5.32 Å². The summed E-state index contributed by atoms with van der Waals surface area (Å²) in [4.78, 5) is 12.4. The molecule has 3 aromatic rings. The van der Waals surface area contributed by atoms with Crippen LogP contribution < -0.4 is 10.1 Å². The van der Waals surface area contributed by atoms with Crippen LogP contribution in [0.5, 0.6) is 5.75 Å². The van der Waals surface area contributed by atoms with Crippen molar-refractivity contribution in [1.29, 1.82) is 0 Å². The molecule has 0 aliphatic rings. The molecule has 0 aliphatic carbocycles. The zero-order valence-electron chi connectivity index (χ0n) is 13.6. The highest BCUT2D eigenvalue weighted by Crippen LogP contribution is 2.18. The number of carbonyl (C=O) groups excluding carboxylic acids is 1. The molecule has 3 rings (SSSR count). The molecule has 0 fully saturated rings. The summed E-state index contributed by atoms with van der Waals surface area (Å²) < 4.78 is 11.0. The predicted octanol–water partition coefficient (Wildman–Crippen LogP) is 3.65. The monoisotopic (exact) mass is 337 g/mol. The molecule has 2 N–H and O–H groups in total. The van der Waals surface area contributed by atoms with Crippen LogP contribution in [0.2, 0.25) is 0 Å². The third-order valence-corrected chi connectivity index (χ3v) is 3.70. The van der Waals surface area contributed by atoms with Crippen molar-refractivity contribution < 1.29 is 19.1 Å². The maximum atomic E-state index is 12.4. The quantitative estimate of drug-likeness (QED) is 0.690. The summed E-state index contributed by atoms with van der Waals surface area (Å²) in [5, 5.41) is 11.7. The van der Waals surface area contributed by atoms with Gasteiger partial charge in [0.15, 0.2) is 5.76 Å². The van der Waals surface area contributed by atoms with Gasteiger partial charge in [-0.1, -0.05) is 30.3 Å². The number of benzene rings is 2. The Balaban J connectivity index is 1.63. The van der Waals surface area contributed by atoms with E-state index >= 15 is 0 Å². The van der Waals surface area contributed by atoms with Crippen molar-refractivity contribution in [1.82, 2.24) is 0 Å². The van der Waals surface area contributed by atoms with Crippen LogP contribution in [0.3, 0.4) is 0 Å². The van der Waals surface area contributed by atoms with Gasteiger partial charge in [0.1, 0.15) is 12.4 Å². The Morgan fingerprint density at radius 3 is 2.52 bits per heavy atom. The summed E-state index contributed by atoms with van der Waals surface area (Å²) in [5.74, 6) is 0.636. The number of hydrogen-bond donors (Lipinski definition) is 2. The van der Waals surface area contributed by atoms with Crippen molar-refractivity contribution >= 4 is 11.6 Å². The molecule has 0 saturated heterocycles. The van der Waals surface area contributed by atoms with E-state index in [1.54, 1.807) is 18.2 Å². The number of aliphatic hydroxyl groups excluding tert-OH is 1. The number of amides is 1. The Labute approximate surface area is 145 Å². The number of hydrogen-bond acceptors (Lipinski definition) is 4. The highest BCUT2D eigenvalue weighted by molar-refractivity contribution is 6.03. The highest BCUT2D eigenvalue weighted by atomic mass is 16.5. The van der Waals surface area contributed by atoms with Crippen LogP contribution in [-0.2, 0) is 13.0 Å². The molecule has 0 bridgehead atoms. The number of nitrogens with one attached hydrogen (secondary N) is 1. The molecule has 5 heteroatoms. The molecule has 0 aliphatic heterocycles. The van der Waals surface area contributed by atoms with Crippen LogP contribution in [0.15, 0.2) is 71.3 Å². The van der Waals surface area contributed by atoms with Crippen LogP contribution in [-0.4, -0.2) is 17.6 Å². The maximum absolute atomic E-state index is 12.4. The van der Waals surface area contributed by atoms with Gasteiger partial charge >= 0.3 is 0 Å². The average Bonchev–Trinajstić information content (AvgIpc) is 3.11. The summed E-state index contributed by atoms with van der Waals surface area (Å²) in [7, 11) is 0. The van der Waals surface area contributed by atoms with Crippen molar-refractivity contribution in [2.75, 3.05) is 11.9 Å². The van der Waals surface area contributed by atoms with Crippen LogP contribution in [0.25, 0.3) is 0 Å². The molecule has 0 saturated carbocycles. The van der Waals surface area contributed by atoms with Gasteiger partial charge in [-0.3, -0.25) is 4.79 Å². The van der Waals surface area contributed by atoms with E-state index in [-0.39, 0.29) is 24.9 Å². The molecular weight excluding hydrogens is 318 g/mol. The number of furan rings is 1. The Kier molecular flexibility index (Phi) is 5.49. The summed E-state index contributed by atoms with van der Waals surface area (Å²) in [6, 6.07) is 18.5. The van der Waals surface area contributed by atoms with Crippen LogP contribution >= 0.6 is 0 Å². The van der Waals surface area contributed by atoms with Crippen molar-refractivity contribution in [2.24, 2.45) is 0 Å². The van der Waals surface area contributed by atoms with E-state index in [1.807, 2.05) is 42.5 Å². The predicted molar refractivity (Wildman–Crippen MR) is 94.7 cm³/mol. The second-order valence-corrected chi connectivity index (χ2v) is 5.50. The van der Waals surface area contributed by atoms with Gasteiger partial charge in [-0.15, -0.1) is 0 Å². The minimum absolute atomic E-state index is 0.100. The number of anilines is 1. The number of carbonyl (C=O) groups is 1. The molecule has 1 amide bonds. The smallest absolute Gasteiger partial charge is 0.291 e. The summed E-state index contributed by atoms with van der Waals surface area (Å²) in [5.41, 5.74) is 2.35. The average molecular weight is 337 g/mol. The third kappa shape index (κ3) is 4.49. The molecule has 1 aromatic heterocycles. The van der Waals surface area contributed by atoms with E-state index < -0.39 is 0 Å². The first kappa shape index (κ1) is 16.8. The van der Waals surface area contributed by atoms with E-state index in [0.717, 1.165) is 11.3 Å². The lowest BCUT2D eigenvalue weighted by molar-refractivity contribution is 0.0993. The van der Waals surface area contributed by atoms with Gasteiger partial charge in [0.05, 0.1) is 6.26 Å². The standard InChI is InChI=1S/C20H19NO4/c22-12-10-15-6-8-17(9-7-15)21-20(23)19-16(11-13-24-19)14-25-18-4-2-1-3-5-18/h1-9,11,13,22H,10,12,14H2,(H,21,23). The lowest BCUT2D eigenvalue weighted by Crippen LogP contribution is -2.13. The molecular formula is C20H19NO4. The Bertz CT molecular complexity index is 809. The zero-order chi connectivity index (χ0) is 17.5. The van der Waals surface area contributed by atoms with Gasteiger partial charge in [-0.25, -0.2) is 0 Å². The summed E-state index contributed by atoms with van der Waals surface area (Å²) in [6.45, 7) is 0.349. The molecule has 1 heterocycles. The third-order valence-electron chi connectivity index (χ3n) is 3.70. The number of ether oxygens (including phenoxy) is 1. The molecule has 25 heavy (non-hydrogen) atoms. The first-order valence-electron chi connectivity index (χ1n) is 8.01. The molecule has 128 valence electrons. The fourth-order valence-corrected chi connectivity index (χ4v) is 2.40. The summed E-state index contributed by atoms with van der Waals surface area (Å²) >= 11 is 0. The first-order chi connectivity index (χ1) is 12.3. The second kappa shape index (κ2) is 8.17. The Morgan fingerprint density at radius 1 is 1.04 bits per heavy atom. The maximum Gasteiger partial charge on any atom is 0.291 e. The lowest BCUT2D eigenvalue weighted by Gasteiger charge is -2.08. The second-order valence-electron chi connectivity index (χ2n) is 5.50.